The zero-order valence-corrected chi connectivity index (χ0v) is 14.4. The first-order chi connectivity index (χ1) is 11.8. The average Bonchev–Trinajstić information content (AvgIpc) is 3.21. The molecule has 1 aromatic rings. The Morgan fingerprint density at radius 1 is 1.29 bits per heavy atom. The number of nitrogens with zero attached hydrogens (tertiary/aromatic N) is 3. The van der Waals surface area contributed by atoms with E-state index in [1.54, 1.807) is 0 Å². The van der Waals surface area contributed by atoms with E-state index in [1.807, 2.05) is 10.9 Å². The monoisotopic (exact) mass is 337 g/mol. The predicted molar refractivity (Wildman–Crippen MR) is 86.2 cm³/mol. The third-order valence-corrected chi connectivity index (χ3v) is 4.56. The van der Waals surface area contributed by atoms with E-state index in [4.69, 9.17) is 14.2 Å². The van der Waals surface area contributed by atoms with E-state index in [0.29, 0.717) is 19.6 Å². The minimum absolute atomic E-state index is 0.0412. The van der Waals surface area contributed by atoms with Crippen LogP contribution in [0.15, 0.2) is 6.20 Å². The lowest BCUT2D eigenvalue weighted by Crippen LogP contribution is -2.40. The van der Waals surface area contributed by atoms with Gasteiger partial charge in [0.05, 0.1) is 25.5 Å². The molecule has 0 amide bonds. The van der Waals surface area contributed by atoms with Crippen LogP contribution in [0.5, 0.6) is 0 Å². The number of hydrogen-bond acceptors (Lipinski definition) is 6. The van der Waals surface area contributed by atoms with Crippen LogP contribution in [0.1, 0.15) is 57.6 Å². The van der Waals surface area contributed by atoms with E-state index in [-0.39, 0.29) is 18.0 Å². The lowest BCUT2D eigenvalue weighted by Gasteiger charge is -2.25. The highest BCUT2D eigenvalue weighted by Crippen LogP contribution is 2.27. The first kappa shape index (κ1) is 17.5. The molecular weight excluding hydrogens is 310 g/mol. The van der Waals surface area contributed by atoms with Gasteiger partial charge < -0.3 is 14.2 Å². The van der Waals surface area contributed by atoms with Crippen LogP contribution >= 0.6 is 0 Å². The molecule has 134 valence electrons. The number of carbonyl (C=O) groups is 1. The summed E-state index contributed by atoms with van der Waals surface area (Å²) in [7, 11) is 0. The van der Waals surface area contributed by atoms with Gasteiger partial charge >= 0.3 is 0 Å². The summed E-state index contributed by atoms with van der Waals surface area (Å²) in [4.78, 5) is 11.7. The summed E-state index contributed by atoms with van der Waals surface area (Å²) in [6.45, 7) is 3.89. The van der Waals surface area contributed by atoms with Crippen LogP contribution in [0.25, 0.3) is 0 Å². The van der Waals surface area contributed by atoms with Crippen LogP contribution < -0.4 is 0 Å². The quantitative estimate of drug-likeness (QED) is 0.610. The smallest absolute Gasteiger partial charge is 0.218 e. The second-order valence-corrected chi connectivity index (χ2v) is 6.60. The van der Waals surface area contributed by atoms with Crippen LogP contribution in [0.4, 0.5) is 0 Å². The summed E-state index contributed by atoms with van der Waals surface area (Å²) in [5.41, 5.74) is 0.787. The van der Waals surface area contributed by atoms with Crippen molar-refractivity contribution in [2.75, 3.05) is 6.61 Å². The van der Waals surface area contributed by atoms with Gasteiger partial charge in [0, 0.05) is 13.0 Å². The van der Waals surface area contributed by atoms with Crippen molar-refractivity contribution in [1.82, 2.24) is 15.0 Å². The Bertz CT molecular complexity index is 534. The number of aryl methyl sites for hydroxylation is 1. The number of hydrogen-bond donors (Lipinski definition) is 0. The highest BCUT2D eigenvalue weighted by atomic mass is 16.7. The van der Waals surface area contributed by atoms with Crippen molar-refractivity contribution in [2.45, 2.75) is 83.5 Å². The molecule has 1 aromatic heterocycles. The largest absolute Gasteiger partial charge is 0.369 e. The Labute approximate surface area is 142 Å². The molecule has 0 radical (unpaired) electrons. The summed E-state index contributed by atoms with van der Waals surface area (Å²) in [6.07, 6.45) is 8.77. The molecule has 24 heavy (non-hydrogen) atoms. The standard InChI is InChI=1S/C17H27N3O4/c1-2-3-4-5-6-7-8-20-10-13(18-19-20)11-22-15-9-14(21)17-23-12-16(15)24-17/h10,15-17H,2-9,11-12H2,1H3/t15-,16+,17+/m0/s1. The van der Waals surface area contributed by atoms with Gasteiger partial charge in [-0.3, -0.25) is 9.48 Å². The first-order valence-corrected chi connectivity index (χ1v) is 9.06. The second kappa shape index (κ2) is 8.69. The third-order valence-electron chi connectivity index (χ3n) is 4.56. The molecule has 2 fully saturated rings. The lowest BCUT2D eigenvalue weighted by atomic mass is 10.1. The molecule has 0 N–H and O–H groups in total. The van der Waals surface area contributed by atoms with E-state index in [1.165, 1.54) is 32.1 Å². The molecule has 2 saturated heterocycles. The fourth-order valence-electron chi connectivity index (χ4n) is 3.14. The molecule has 7 nitrogen and oxygen atoms in total. The summed E-state index contributed by atoms with van der Waals surface area (Å²) in [5.74, 6) is -0.0412. The fourth-order valence-corrected chi connectivity index (χ4v) is 3.14. The van der Waals surface area contributed by atoms with Gasteiger partial charge in [0.15, 0.2) is 5.78 Å². The van der Waals surface area contributed by atoms with Crippen LogP contribution in [0.3, 0.4) is 0 Å². The minimum Gasteiger partial charge on any atom is -0.369 e. The molecule has 7 heteroatoms. The van der Waals surface area contributed by atoms with Gasteiger partial charge in [0.1, 0.15) is 11.8 Å². The maximum Gasteiger partial charge on any atom is 0.218 e. The maximum atomic E-state index is 11.7. The van der Waals surface area contributed by atoms with E-state index in [0.717, 1.165) is 18.7 Å². The second-order valence-electron chi connectivity index (χ2n) is 6.60. The van der Waals surface area contributed by atoms with Crippen LogP contribution in [-0.4, -0.2) is 45.9 Å². The highest BCUT2D eigenvalue weighted by molar-refractivity contribution is 5.83. The third kappa shape index (κ3) is 4.62. The number of ether oxygens (including phenoxy) is 3. The molecule has 3 rings (SSSR count). The van der Waals surface area contributed by atoms with Crippen molar-refractivity contribution in [3.05, 3.63) is 11.9 Å². The van der Waals surface area contributed by atoms with Gasteiger partial charge in [-0.2, -0.15) is 0 Å². The van der Waals surface area contributed by atoms with E-state index < -0.39 is 6.29 Å². The number of unbranched alkanes of at least 4 members (excludes halogenated alkanes) is 5. The Morgan fingerprint density at radius 2 is 2.12 bits per heavy atom. The fraction of sp³-hybridized carbons (Fsp3) is 0.824. The zero-order chi connectivity index (χ0) is 16.8. The zero-order valence-electron chi connectivity index (χ0n) is 14.4. The van der Waals surface area contributed by atoms with Gasteiger partial charge in [0.25, 0.3) is 0 Å². The number of aromatic nitrogens is 3. The molecule has 0 aliphatic carbocycles. The van der Waals surface area contributed by atoms with Crippen molar-refractivity contribution in [3.63, 3.8) is 0 Å². The van der Waals surface area contributed by atoms with Crippen molar-refractivity contribution in [3.8, 4) is 0 Å². The van der Waals surface area contributed by atoms with Crippen molar-refractivity contribution >= 4 is 5.78 Å². The normalized spacial score (nSPS) is 26.2. The Hall–Kier alpha value is -1.31. The van der Waals surface area contributed by atoms with Crippen molar-refractivity contribution in [1.29, 1.82) is 0 Å². The van der Waals surface area contributed by atoms with Crippen LogP contribution in [-0.2, 0) is 32.2 Å². The average molecular weight is 337 g/mol. The molecule has 0 aromatic carbocycles. The van der Waals surface area contributed by atoms with Gasteiger partial charge in [-0.15, -0.1) is 5.10 Å². The van der Waals surface area contributed by atoms with E-state index >= 15 is 0 Å². The van der Waals surface area contributed by atoms with Crippen LogP contribution in [0, 0.1) is 0 Å². The van der Waals surface area contributed by atoms with Crippen LogP contribution in [0.2, 0.25) is 0 Å². The van der Waals surface area contributed by atoms with Crippen molar-refractivity contribution in [2.24, 2.45) is 0 Å². The summed E-state index contributed by atoms with van der Waals surface area (Å²) in [6, 6.07) is 0. The molecule has 3 heterocycles. The summed E-state index contributed by atoms with van der Waals surface area (Å²) in [5, 5.41) is 8.28. The predicted octanol–water partition coefficient (Wildman–Crippen LogP) is 2.24. The Morgan fingerprint density at radius 3 is 3.00 bits per heavy atom. The topological polar surface area (TPSA) is 75.5 Å². The highest BCUT2D eigenvalue weighted by Gasteiger charge is 2.43. The Balaban J connectivity index is 1.36. The molecule has 2 aliphatic rings. The lowest BCUT2D eigenvalue weighted by molar-refractivity contribution is -0.168. The molecule has 0 spiro atoms. The van der Waals surface area contributed by atoms with Gasteiger partial charge in [-0.1, -0.05) is 44.2 Å². The minimum atomic E-state index is -0.673. The Kier molecular flexibility index (Phi) is 6.34. The van der Waals surface area contributed by atoms with Gasteiger partial charge in [-0.05, 0) is 6.42 Å². The molecular formula is C17H27N3O4. The number of Topliss-reactive ketones (excluding diaryl/α,β-unsaturated/α-hetero) is 1. The molecule has 0 saturated carbocycles. The molecule has 2 aliphatic heterocycles. The van der Waals surface area contributed by atoms with Gasteiger partial charge in [0.2, 0.25) is 6.29 Å². The molecule has 2 bridgehead atoms. The van der Waals surface area contributed by atoms with Crippen molar-refractivity contribution < 1.29 is 19.0 Å². The van der Waals surface area contributed by atoms with E-state index in [2.05, 4.69) is 17.2 Å². The first-order valence-electron chi connectivity index (χ1n) is 9.06. The number of fused-ring (bicyclic) bond motifs is 2. The number of ketones is 1. The SMILES string of the molecule is CCCCCCCCn1cc(CO[C@H]2CC(=O)[C@@H]3OC[C@H]2O3)nn1. The molecule has 0 unspecified atom stereocenters. The number of rotatable bonds is 10. The number of carbonyl (C=O) groups excluding carboxylic acids is 1. The molecule has 3 atom stereocenters. The van der Waals surface area contributed by atoms with E-state index in [9.17, 15) is 4.79 Å². The van der Waals surface area contributed by atoms with Gasteiger partial charge in [-0.25, -0.2) is 0 Å². The summed E-state index contributed by atoms with van der Waals surface area (Å²) >= 11 is 0. The maximum absolute atomic E-state index is 11.7. The summed E-state index contributed by atoms with van der Waals surface area (Å²) < 4.78 is 18.4.